The Morgan fingerprint density at radius 2 is 0.933 bits per heavy atom. The summed E-state index contributed by atoms with van der Waals surface area (Å²) in [5.41, 5.74) is 0. The largest absolute Gasteiger partial charge is 0.498 e. The molecule has 15 heavy (non-hydrogen) atoms. The van der Waals surface area contributed by atoms with Crippen molar-refractivity contribution in [3.8, 4) is 0 Å². The van der Waals surface area contributed by atoms with Gasteiger partial charge >= 0.3 is 0 Å². The molecule has 1 aliphatic rings. The number of hydrogen-bond donors (Lipinski definition) is 0. The van der Waals surface area contributed by atoms with Gasteiger partial charge in [0, 0.05) is 19.3 Å². The molecule has 0 saturated heterocycles. The normalized spacial score (nSPS) is 30.0. The Morgan fingerprint density at radius 3 is 1.13 bits per heavy atom. The Kier molecular flexibility index (Phi) is 4.81. The van der Waals surface area contributed by atoms with E-state index in [0.717, 1.165) is 19.3 Å². The summed E-state index contributed by atoms with van der Waals surface area (Å²) in [7, 11) is 0. The summed E-state index contributed by atoms with van der Waals surface area (Å²) in [4.78, 5) is 0. The van der Waals surface area contributed by atoms with Crippen LogP contribution in [-0.4, -0.2) is 18.3 Å². The first-order valence-corrected chi connectivity index (χ1v) is 5.09. The first kappa shape index (κ1) is 11.7. The first-order chi connectivity index (χ1) is 7.30. The maximum atomic E-state index is 5.37. The summed E-state index contributed by atoms with van der Waals surface area (Å²) in [6.07, 6.45) is 7.23. The van der Waals surface area contributed by atoms with Gasteiger partial charge in [-0.1, -0.05) is 19.7 Å². The molecule has 0 aliphatic heterocycles. The van der Waals surface area contributed by atoms with Crippen LogP contribution in [0.4, 0.5) is 0 Å². The summed E-state index contributed by atoms with van der Waals surface area (Å²) in [5.74, 6) is 0. The molecule has 1 aliphatic carbocycles. The minimum absolute atomic E-state index is 0.103. The third kappa shape index (κ3) is 3.70. The summed E-state index contributed by atoms with van der Waals surface area (Å²) >= 11 is 0. The molecule has 0 aromatic heterocycles. The van der Waals surface area contributed by atoms with E-state index in [4.69, 9.17) is 14.2 Å². The quantitative estimate of drug-likeness (QED) is 0.631. The lowest BCUT2D eigenvalue weighted by Gasteiger charge is -2.33. The van der Waals surface area contributed by atoms with E-state index in [9.17, 15) is 0 Å². The molecule has 0 N–H and O–H groups in total. The van der Waals surface area contributed by atoms with Crippen molar-refractivity contribution >= 4 is 0 Å². The van der Waals surface area contributed by atoms with E-state index in [1.54, 1.807) is 0 Å². The van der Waals surface area contributed by atoms with Crippen molar-refractivity contribution in [1.82, 2.24) is 0 Å². The summed E-state index contributed by atoms with van der Waals surface area (Å²) in [6.45, 7) is 10.7. The Balaban J connectivity index is 2.50. The lowest BCUT2D eigenvalue weighted by Crippen LogP contribution is -2.35. The molecule has 1 rings (SSSR count). The van der Waals surface area contributed by atoms with Crippen LogP contribution >= 0.6 is 0 Å². The van der Waals surface area contributed by atoms with Gasteiger partial charge in [0.05, 0.1) is 18.8 Å². The summed E-state index contributed by atoms with van der Waals surface area (Å²) < 4.78 is 16.1. The molecule has 3 heteroatoms. The van der Waals surface area contributed by atoms with Crippen molar-refractivity contribution in [2.45, 2.75) is 37.6 Å². The fraction of sp³-hybridized carbons (Fsp3) is 0.500. The fourth-order valence-corrected chi connectivity index (χ4v) is 1.91. The van der Waals surface area contributed by atoms with Crippen LogP contribution in [0.15, 0.2) is 38.5 Å². The fourth-order valence-electron chi connectivity index (χ4n) is 1.91. The van der Waals surface area contributed by atoms with Gasteiger partial charge in [0.15, 0.2) is 0 Å². The highest BCUT2D eigenvalue weighted by atomic mass is 16.5. The average molecular weight is 210 g/mol. The van der Waals surface area contributed by atoms with Crippen molar-refractivity contribution in [2.75, 3.05) is 0 Å². The molecule has 84 valence electrons. The molecule has 3 nitrogen and oxygen atoms in total. The van der Waals surface area contributed by atoms with Crippen LogP contribution in [0.3, 0.4) is 0 Å². The second-order valence-corrected chi connectivity index (χ2v) is 3.48. The van der Waals surface area contributed by atoms with Gasteiger partial charge in [0.25, 0.3) is 0 Å². The van der Waals surface area contributed by atoms with Crippen LogP contribution < -0.4 is 0 Å². The molecular formula is C12H18O3. The van der Waals surface area contributed by atoms with Crippen LogP contribution in [0.5, 0.6) is 0 Å². The molecular weight excluding hydrogens is 192 g/mol. The highest BCUT2D eigenvalue weighted by molar-refractivity contribution is 4.84. The monoisotopic (exact) mass is 210 g/mol. The van der Waals surface area contributed by atoms with Gasteiger partial charge in [-0.25, -0.2) is 0 Å². The third-order valence-corrected chi connectivity index (χ3v) is 2.44. The van der Waals surface area contributed by atoms with Crippen molar-refractivity contribution in [3.05, 3.63) is 38.5 Å². The van der Waals surface area contributed by atoms with Crippen LogP contribution in [0.2, 0.25) is 0 Å². The Morgan fingerprint density at radius 1 is 0.667 bits per heavy atom. The molecule has 0 amide bonds. The number of hydrogen-bond acceptors (Lipinski definition) is 3. The van der Waals surface area contributed by atoms with E-state index in [1.807, 2.05) is 0 Å². The maximum Gasteiger partial charge on any atom is 0.105 e. The molecule has 0 bridgehead atoms. The van der Waals surface area contributed by atoms with Crippen LogP contribution in [0, 0.1) is 0 Å². The van der Waals surface area contributed by atoms with E-state index in [0.29, 0.717) is 0 Å². The zero-order chi connectivity index (χ0) is 11.1. The predicted molar refractivity (Wildman–Crippen MR) is 59.1 cm³/mol. The standard InChI is InChI=1S/C12H18O3/c1-4-13-10-7-11(14-5-2)9-12(8-10)15-6-3/h4-6,10-12H,1-3,7-9H2. The lowest BCUT2D eigenvalue weighted by molar-refractivity contribution is -0.0398. The molecule has 0 unspecified atom stereocenters. The SMILES string of the molecule is C=COC1CC(OC=C)CC(OC=C)C1. The van der Waals surface area contributed by atoms with Gasteiger partial charge in [-0.2, -0.15) is 0 Å². The molecule has 1 saturated carbocycles. The van der Waals surface area contributed by atoms with E-state index in [1.165, 1.54) is 18.8 Å². The topological polar surface area (TPSA) is 27.7 Å². The Labute approximate surface area is 91.0 Å². The van der Waals surface area contributed by atoms with Gasteiger partial charge in [0.1, 0.15) is 18.3 Å². The molecule has 0 heterocycles. The van der Waals surface area contributed by atoms with Crippen LogP contribution in [-0.2, 0) is 14.2 Å². The smallest absolute Gasteiger partial charge is 0.105 e. The van der Waals surface area contributed by atoms with Gasteiger partial charge in [-0.3, -0.25) is 0 Å². The van der Waals surface area contributed by atoms with Crippen molar-refractivity contribution in [1.29, 1.82) is 0 Å². The van der Waals surface area contributed by atoms with E-state index < -0.39 is 0 Å². The highest BCUT2D eigenvalue weighted by Crippen LogP contribution is 2.26. The summed E-state index contributed by atoms with van der Waals surface area (Å²) in [6, 6.07) is 0. The zero-order valence-electron chi connectivity index (χ0n) is 8.93. The maximum absolute atomic E-state index is 5.37. The molecule has 0 spiro atoms. The van der Waals surface area contributed by atoms with Crippen molar-refractivity contribution < 1.29 is 14.2 Å². The first-order valence-electron chi connectivity index (χ1n) is 5.09. The number of ether oxygens (including phenoxy) is 3. The third-order valence-electron chi connectivity index (χ3n) is 2.44. The molecule has 0 radical (unpaired) electrons. The predicted octanol–water partition coefficient (Wildman–Crippen LogP) is 2.76. The molecule has 0 aromatic carbocycles. The minimum Gasteiger partial charge on any atom is -0.498 e. The number of rotatable bonds is 6. The minimum atomic E-state index is 0.103. The Bertz CT molecular complexity index is 181. The zero-order valence-corrected chi connectivity index (χ0v) is 8.93. The average Bonchev–Trinajstić information content (AvgIpc) is 2.19. The van der Waals surface area contributed by atoms with Crippen LogP contribution in [0.25, 0.3) is 0 Å². The van der Waals surface area contributed by atoms with Crippen LogP contribution in [0.1, 0.15) is 19.3 Å². The molecule has 1 fully saturated rings. The van der Waals surface area contributed by atoms with E-state index in [2.05, 4.69) is 19.7 Å². The Hall–Kier alpha value is -1.38. The van der Waals surface area contributed by atoms with Crippen molar-refractivity contribution in [3.63, 3.8) is 0 Å². The lowest BCUT2D eigenvalue weighted by atomic mass is 9.92. The highest BCUT2D eigenvalue weighted by Gasteiger charge is 2.30. The molecule has 0 atom stereocenters. The second kappa shape index (κ2) is 6.17. The van der Waals surface area contributed by atoms with Crippen molar-refractivity contribution in [2.24, 2.45) is 0 Å². The van der Waals surface area contributed by atoms with Gasteiger partial charge in [-0.15, -0.1) is 0 Å². The van der Waals surface area contributed by atoms with Gasteiger partial charge in [-0.05, 0) is 0 Å². The van der Waals surface area contributed by atoms with Gasteiger partial charge in [0.2, 0.25) is 0 Å². The van der Waals surface area contributed by atoms with E-state index >= 15 is 0 Å². The van der Waals surface area contributed by atoms with Gasteiger partial charge < -0.3 is 14.2 Å². The summed E-state index contributed by atoms with van der Waals surface area (Å²) in [5, 5.41) is 0. The second-order valence-electron chi connectivity index (χ2n) is 3.48. The van der Waals surface area contributed by atoms with E-state index in [-0.39, 0.29) is 18.3 Å². The molecule has 0 aromatic rings.